The van der Waals surface area contributed by atoms with Gasteiger partial charge in [0, 0.05) is 12.7 Å². The molecule has 19 heavy (non-hydrogen) atoms. The first-order valence-electron chi connectivity index (χ1n) is 6.22. The second-order valence-corrected chi connectivity index (χ2v) is 5.35. The summed E-state index contributed by atoms with van der Waals surface area (Å²) in [5.74, 6) is 0.854. The van der Waals surface area contributed by atoms with Crippen molar-refractivity contribution < 1.29 is 4.39 Å². The van der Waals surface area contributed by atoms with E-state index in [1.165, 1.54) is 12.1 Å². The van der Waals surface area contributed by atoms with Gasteiger partial charge >= 0.3 is 0 Å². The SMILES string of the molecule is Cc1cn(-c2cc(F)ccc2Cl)c(NCC(C)C)n1. The maximum atomic E-state index is 13.4. The Morgan fingerprint density at radius 2 is 2.16 bits per heavy atom. The molecule has 0 saturated carbocycles. The molecule has 0 amide bonds. The van der Waals surface area contributed by atoms with Crippen LogP contribution in [0.15, 0.2) is 24.4 Å². The van der Waals surface area contributed by atoms with Crippen molar-refractivity contribution in [1.82, 2.24) is 9.55 Å². The molecule has 3 nitrogen and oxygen atoms in total. The number of hydrogen-bond donors (Lipinski definition) is 1. The van der Waals surface area contributed by atoms with Crippen LogP contribution in [0.2, 0.25) is 5.02 Å². The smallest absolute Gasteiger partial charge is 0.207 e. The van der Waals surface area contributed by atoms with Gasteiger partial charge in [-0.05, 0) is 31.0 Å². The lowest BCUT2D eigenvalue weighted by atomic mass is 10.2. The van der Waals surface area contributed by atoms with Crippen LogP contribution in [-0.4, -0.2) is 16.1 Å². The summed E-state index contributed by atoms with van der Waals surface area (Å²) in [5.41, 5.74) is 1.44. The highest BCUT2D eigenvalue weighted by Gasteiger charge is 2.11. The van der Waals surface area contributed by atoms with E-state index in [0.29, 0.717) is 22.6 Å². The van der Waals surface area contributed by atoms with Gasteiger partial charge < -0.3 is 5.32 Å². The predicted molar refractivity (Wildman–Crippen MR) is 76.6 cm³/mol. The average molecular weight is 282 g/mol. The van der Waals surface area contributed by atoms with Gasteiger partial charge in [-0.1, -0.05) is 25.4 Å². The van der Waals surface area contributed by atoms with Crippen LogP contribution in [0.3, 0.4) is 0 Å². The monoisotopic (exact) mass is 281 g/mol. The van der Waals surface area contributed by atoms with E-state index >= 15 is 0 Å². The number of rotatable bonds is 4. The maximum absolute atomic E-state index is 13.4. The molecule has 1 N–H and O–H groups in total. The predicted octanol–water partition coefficient (Wildman–Crippen LogP) is 4.04. The summed E-state index contributed by atoms with van der Waals surface area (Å²) in [6.07, 6.45) is 1.84. The third-order valence-electron chi connectivity index (χ3n) is 2.66. The number of nitrogens with one attached hydrogen (secondary N) is 1. The molecule has 0 saturated heterocycles. The van der Waals surface area contributed by atoms with Crippen molar-refractivity contribution in [2.75, 3.05) is 11.9 Å². The number of aryl methyl sites for hydroxylation is 1. The molecular formula is C14H17ClFN3. The van der Waals surface area contributed by atoms with Crippen LogP contribution in [0, 0.1) is 18.7 Å². The Morgan fingerprint density at radius 1 is 1.42 bits per heavy atom. The van der Waals surface area contributed by atoms with Crippen molar-refractivity contribution in [1.29, 1.82) is 0 Å². The fraction of sp³-hybridized carbons (Fsp3) is 0.357. The van der Waals surface area contributed by atoms with Crippen molar-refractivity contribution in [3.63, 3.8) is 0 Å². The molecule has 2 aromatic rings. The second kappa shape index (κ2) is 5.61. The molecule has 5 heteroatoms. The standard InChI is InChI=1S/C14H17ClFN3/c1-9(2)7-17-14-18-10(3)8-19(14)13-6-11(16)4-5-12(13)15/h4-6,8-9H,7H2,1-3H3,(H,17,18). The summed E-state index contributed by atoms with van der Waals surface area (Å²) in [6, 6.07) is 4.30. The molecule has 0 bridgehead atoms. The van der Waals surface area contributed by atoms with E-state index < -0.39 is 0 Å². The van der Waals surface area contributed by atoms with Crippen molar-refractivity contribution in [3.05, 3.63) is 40.9 Å². The summed E-state index contributed by atoms with van der Waals surface area (Å²) in [6.45, 7) is 6.91. The van der Waals surface area contributed by atoms with Crippen molar-refractivity contribution in [2.24, 2.45) is 5.92 Å². The van der Waals surface area contributed by atoms with Gasteiger partial charge in [0.2, 0.25) is 5.95 Å². The number of nitrogens with zero attached hydrogens (tertiary/aromatic N) is 2. The Balaban J connectivity index is 2.40. The van der Waals surface area contributed by atoms with E-state index in [-0.39, 0.29) is 5.82 Å². The van der Waals surface area contributed by atoms with Crippen LogP contribution in [0.25, 0.3) is 5.69 Å². The summed E-state index contributed by atoms with van der Waals surface area (Å²) in [4.78, 5) is 4.40. The topological polar surface area (TPSA) is 29.9 Å². The minimum atomic E-state index is -0.319. The van der Waals surface area contributed by atoms with Crippen LogP contribution < -0.4 is 5.32 Å². The highest BCUT2D eigenvalue weighted by Crippen LogP contribution is 2.25. The lowest BCUT2D eigenvalue weighted by Crippen LogP contribution is -2.12. The van der Waals surface area contributed by atoms with Crippen LogP contribution in [0.1, 0.15) is 19.5 Å². The molecule has 0 spiro atoms. The number of halogens is 2. The third kappa shape index (κ3) is 3.26. The van der Waals surface area contributed by atoms with Gasteiger partial charge in [0.1, 0.15) is 5.82 Å². The molecule has 0 aliphatic heterocycles. The summed E-state index contributed by atoms with van der Waals surface area (Å²) in [7, 11) is 0. The quantitative estimate of drug-likeness (QED) is 0.916. The first kappa shape index (κ1) is 13.9. The Labute approximate surface area is 117 Å². The molecule has 1 heterocycles. The molecule has 0 aliphatic carbocycles. The fourth-order valence-corrected chi connectivity index (χ4v) is 1.98. The summed E-state index contributed by atoms with van der Waals surface area (Å²) >= 11 is 6.13. The number of hydrogen-bond acceptors (Lipinski definition) is 2. The zero-order valence-corrected chi connectivity index (χ0v) is 12.0. The van der Waals surface area contributed by atoms with E-state index in [1.54, 1.807) is 10.6 Å². The summed E-state index contributed by atoms with van der Waals surface area (Å²) in [5, 5.41) is 3.74. The molecule has 2 rings (SSSR count). The van der Waals surface area contributed by atoms with Crippen LogP contribution in [-0.2, 0) is 0 Å². The molecular weight excluding hydrogens is 265 g/mol. The van der Waals surface area contributed by atoms with E-state index in [1.807, 2.05) is 13.1 Å². The van der Waals surface area contributed by atoms with Crippen molar-refractivity contribution in [2.45, 2.75) is 20.8 Å². The highest BCUT2D eigenvalue weighted by atomic mass is 35.5. The molecule has 0 unspecified atom stereocenters. The Bertz CT molecular complexity index is 578. The lowest BCUT2D eigenvalue weighted by molar-refractivity contribution is 0.626. The zero-order valence-electron chi connectivity index (χ0n) is 11.2. The molecule has 1 aromatic carbocycles. The Morgan fingerprint density at radius 3 is 2.84 bits per heavy atom. The Kier molecular flexibility index (Phi) is 4.10. The fourth-order valence-electron chi connectivity index (χ4n) is 1.77. The summed E-state index contributed by atoms with van der Waals surface area (Å²) < 4.78 is 15.2. The first-order valence-corrected chi connectivity index (χ1v) is 6.60. The molecule has 0 fully saturated rings. The second-order valence-electron chi connectivity index (χ2n) is 4.95. The highest BCUT2D eigenvalue weighted by molar-refractivity contribution is 6.32. The molecule has 1 aromatic heterocycles. The minimum Gasteiger partial charge on any atom is -0.355 e. The number of imidazole rings is 1. The number of anilines is 1. The van der Waals surface area contributed by atoms with E-state index in [0.717, 1.165) is 12.2 Å². The van der Waals surface area contributed by atoms with E-state index in [9.17, 15) is 4.39 Å². The molecule has 0 radical (unpaired) electrons. The Hall–Kier alpha value is -1.55. The van der Waals surface area contributed by atoms with Gasteiger partial charge in [-0.15, -0.1) is 0 Å². The molecule has 0 aliphatic rings. The van der Waals surface area contributed by atoms with E-state index in [4.69, 9.17) is 11.6 Å². The van der Waals surface area contributed by atoms with E-state index in [2.05, 4.69) is 24.1 Å². The van der Waals surface area contributed by atoms with Crippen LogP contribution >= 0.6 is 11.6 Å². The van der Waals surface area contributed by atoms with Gasteiger partial charge in [-0.3, -0.25) is 4.57 Å². The van der Waals surface area contributed by atoms with Crippen LogP contribution in [0.5, 0.6) is 0 Å². The van der Waals surface area contributed by atoms with Gasteiger partial charge in [-0.25, -0.2) is 9.37 Å². The van der Waals surface area contributed by atoms with Crippen molar-refractivity contribution >= 4 is 17.5 Å². The van der Waals surface area contributed by atoms with Gasteiger partial charge in [0.15, 0.2) is 0 Å². The van der Waals surface area contributed by atoms with Crippen LogP contribution in [0.4, 0.5) is 10.3 Å². The lowest BCUT2D eigenvalue weighted by Gasteiger charge is -2.12. The maximum Gasteiger partial charge on any atom is 0.207 e. The normalized spacial score (nSPS) is 11.1. The van der Waals surface area contributed by atoms with Gasteiger partial charge in [-0.2, -0.15) is 0 Å². The van der Waals surface area contributed by atoms with Gasteiger partial charge in [0.25, 0.3) is 0 Å². The minimum absolute atomic E-state index is 0.319. The largest absolute Gasteiger partial charge is 0.355 e. The zero-order chi connectivity index (χ0) is 14.0. The average Bonchev–Trinajstić information content (AvgIpc) is 2.71. The third-order valence-corrected chi connectivity index (χ3v) is 2.98. The number of aromatic nitrogens is 2. The van der Waals surface area contributed by atoms with Crippen molar-refractivity contribution in [3.8, 4) is 5.69 Å². The number of benzene rings is 1. The molecule has 102 valence electrons. The first-order chi connectivity index (χ1) is 8.97. The van der Waals surface area contributed by atoms with Gasteiger partial charge in [0.05, 0.1) is 16.4 Å². The molecule has 0 atom stereocenters.